The van der Waals surface area contributed by atoms with E-state index in [0.717, 1.165) is 16.8 Å². The molecule has 3 rings (SSSR count). The Balaban J connectivity index is 2.10. The molecule has 26 heavy (non-hydrogen) atoms. The summed E-state index contributed by atoms with van der Waals surface area (Å²) in [5.74, 6) is 0.151. The minimum absolute atomic E-state index is 0.0432. The summed E-state index contributed by atoms with van der Waals surface area (Å²) in [7, 11) is 0. The highest BCUT2D eigenvalue weighted by molar-refractivity contribution is 6.30. The van der Waals surface area contributed by atoms with Gasteiger partial charge in [0.2, 0.25) is 5.82 Å². The molecule has 0 spiro atoms. The highest BCUT2D eigenvalue weighted by atomic mass is 35.5. The second kappa shape index (κ2) is 7.68. The number of hydrogen-bond donors (Lipinski definition) is 2. The van der Waals surface area contributed by atoms with Crippen molar-refractivity contribution in [1.29, 1.82) is 0 Å². The normalized spacial score (nSPS) is 10.8. The Morgan fingerprint density at radius 1 is 1.15 bits per heavy atom. The van der Waals surface area contributed by atoms with Crippen molar-refractivity contribution in [3.05, 3.63) is 64.4 Å². The van der Waals surface area contributed by atoms with E-state index in [1.54, 1.807) is 16.8 Å². The van der Waals surface area contributed by atoms with Crippen LogP contribution in [0.1, 0.15) is 21.7 Å². The fourth-order valence-corrected chi connectivity index (χ4v) is 2.61. The zero-order valence-electron chi connectivity index (χ0n) is 14.5. The molecule has 1 aromatic heterocycles. The van der Waals surface area contributed by atoms with Gasteiger partial charge in [-0.25, -0.2) is 9.67 Å². The van der Waals surface area contributed by atoms with Crippen LogP contribution >= 0.6 is 11.6 Å². The van der Waals surface area contributed by atoms with Crippen LogP contribution in [0, 0.1) is 13.8 Å². The second-order valence-electron chi connectivity index (χ2n) is 5.93. The zero-order chi connectivity index (χ0) is 18.7. The molecule has 134 valence electrons. The average Bonchev–Trinajstić information content (AvgIpc) is 3.08. The van der Waals surface area contributed by atoms with Crippen molar-refractivity contribution in [2.45, 2.75) is 13.8 Å². The highest BCUT2D eigenvalue weighted by Gasteiger charge is 2.18. The van der Waals surface area contributed by atoms with Crippen molar-refractivity contribution < 1.29 is 9.90 Å². The Kier molecular flexibility index (Phi) is 5.35. The fourth-order valence-electron chi connectivity index (χ4n) is 2.48. The molecule has 0 aliphatic rings. The summed E-state index contributed by atoms with van der Waals surface area (Å²) in [6.45, 7) is 4.06. The number of amides is 1. The van der Waals surface area contributed by atoms with Gasteiger partial charge >= 0.3 is 0 Å². The number of aromatic nitrogens is 3. The lowest BCUT2D eigenvalue weighted by molar-refractivity contribution is 0.0934. The minimum Gasteiger partial charge on any atom is -0.395 e. The van der Waals surface area contributed by atoms with Gasteiger partial charge in [0, 0.05) is 17.1 Å². The Morgan fingerprint density at radius 3 is 2.54 bits per heavy atom. The van der Waals surface area contributed by atoms with Crippen LogP contribution in [0.3, 0.4) is 0 Å². The van der Waals surface area contributed by atoms with E-state index in [-0.39, 0.29) is 19.0 Å². The van der Waals surface area contributed by atoms with Crippen LogP contribution in [0.4, 0.5) is 0 Å². The van der Waals surface area contributed by atoms with E-state index in [1.807, 2.05) is 44.2 Å². The molecule has 2 N–H and O–H groups in total. The van der Waals surface area contributed by atoms with Crippen LogP contribution in [0.2, 0.25) is 5.02 Å². The Morgan fingerprint density at radius 2 is 1.88 bits per heavy atom. The largest absolute Gasteiger partial charge is 0.395 e. The maximum Gasteiger partial charge on any atom is 0.291 e. The van der Waals surface area contributed by atoms with E-state index in [2.05, 4.69) is 15.4 Å². The summed E-state index contributed by atoms with van der Waals surface area (Å²) in [5, 5.41) is 16.5. The van der Waals surface area contributed by atoms with E-state index in [0.29, 0.717) is 10.8 Å². The fraction of sp³-hybridized carbons (Fsp3) is 0.211. The molecule has 0 atom stereocenters. The molecule has 1 amide bonds. The number of carbonyl (C=O) groups is 1. The van der Waals surface area contributed by atoms with Crippen LogP contribution in [0.25, 0.3) is 17.1 Å². The van der Waals surface area contributed by atoms with E-state index in [4.69, 9.17) is 16.7 Å². The van der Waals surface area contributed by atoms with Gasteiger partial charge in [-0.15, -0.1) is 5.10 Å². The molecule has 0 unspecified atom stereocenters. The van der Waals surface area contributed by atoms with Crippen molar-refractivity contribution in [3.63, 3.8) is 0 Å². The molecule has 0 radical (unpaired) electrons. The predicted molar refractivity (Wildman–Crippen MR) is 101 cm³/mol. The quantitative estimate of drug-likeness (QED) is 0.723. The summed E-state index contributed by atoms with van der Waals surface area (Å²) < 4.78 is 1.64. The number of aliphatic hydroxyl groups is 1. The molecular weight excluding hydrogens is 352 g/mol. The maximum atomic E-state index is 12.2. The van der Waals surface area contributed by atoms with Gasteiger partial charge < -0.3 is 10.4 Å². The Bertz CT molecular complexity index is 935. The van der Waals surface area contributed by atoms with E-state index < -0.39 is 5.91 Å². The molecule has 7 heteroatoms. The first-order valence-electron chi connectivity index (χ1n) is 8.19. The predicted octanol–water partition coefficient (Wildman–Crippen LogP) is 2.93. The summed E-state index contributed by atoms with van der Waals surface area (Å²) in [4.78, 5) is 16.6. The first kappa shape index (κ1) is 18.1. The summed E-state index contributed by atoms with van der Waals surface area (Å²) in [5.41, 5.74) is 3.89. The van der Waals surface area contributed by atoms with Crippen molar-refractivity contribution in [2.24, 2.45) is 0 Å². The SMILES string of the molecule is Cc1ccc(-n2nc(C(=O)NCCO)nc2-c2ccc(Cl)cc2)cc1C. The molecule has 0 fully saturated rings. The number of rotatable bonds is 5. The van der Waals surface area contributed by atoms with Crippen LogP contribution in [-0.2, 0) is 0 Å². The van der Waals surface area contributed by atoms with Crippen molar-refractivity contribution in [1.82, 2.24) is 20.1 Å². The number of carbonyl (C=O) groups excluding carboxylic acids is 1. The molecule has 6 nitrogen and oxygen atoms in total. The van der Waals surface area contributed by atoms with Gasteiger partial charge in [-0.05, 0) is 61.4 Å². The molecule has 0 bridgehead atoms. The third-order valence-corrected chi connectivity index (χ3v) is 4.30. The van der Waals surface area contributed by atoms with Crippen molar-refractivity contribution in [2.75, 3.05) is 13.2 Å². The van der Waals surface area contributed by atoms with Gasteiger partial charge in [-0.1, -0.05) is 17.7 Å². The number of aryl methyl sites for hydroxylation is 2. The van der Waals surface area contributed by atoms with Crippen LogP contribution in [0.15, 0.2) is 42.5 Å². The third kappa shape index (κ3) is 3.76. The number of nitrogens with zero attached hydrogens (tertiary/aromatic N) is 3. The third-order valence-electron chi connectivity index (χ3n) is 4.05. The van der Waals surface area contributed by atoms with Gasteiger partial charge in [0.15, 0.2) is 5.82 Å². The summed E-state index contributed by atoms with van der Waals surface area (Å²) >= 11 is 5.98. The first-order valence-corrected chi connectivity index (χ1v) is 8.57. The van der Waals surface area contributed by atoms with Crippen molar-refractivity contribution in [3.8, 4) is 17.1 Å². The van der Waals surface area contributed by atoms with Gasteiger partial charge in [0.1, 0.15) is 0 Å². The molecule has 2 aromatic carbocycles. The van der Waals surface area contributed by atoms with E-state index in [9.17, 15) is 4.79 Å². The van der Waals surface area contributed by atoms with E-state index in [1.165, 1.54) is 5.56 Å². The number of aliphatic hydroxyl groups excluding tert-OH is 1. The first-order chi connectivity index (χ1) is 12.5. The van der Waals surface area contributed by atoms with Gasteiger partial charge in [-0.3, -0.25) is 4.79 Å². The zero-order valence-corrected chi connectivity index (χ0v) is 15.3. The van der Waals surface area contributed by atoms with E-state index >= 15 is 0 Å². The molecule has 0 aliphatic carbocycles. The minimum atomic E-state index is -0.433. The van der Waals surface area contributed by atoms with Gasteiger partial charge in [0.05, 0.1) is 12.3 Å². The monoisotopic (exact) mass is 370 g/mol. The van der Waals surface area contributed by atoms with Gasteiger partial charge in [0.25, 0.3) is 5.91 Å². The average molecular weight is 371 g/mol. The summed E-state index contributed by atoms with van der Waals surface area (Å²) in [6.07, 6.45) is 0. The smallest absolute Gasteiger partial charge is 0.291 e. The molecule has 3 aromatic rings. The lowest BCUT2D eigenvalue weighted by Crippen LogP contribution is -2.27. The highest BCUT2D eigenvalue weighted by Crippen LogP contribution is 2.24. The Labute approximate surface area is 156 Å². The van der Waals surface area contributed by atoms with Gasteiger partial charge in [-0.2, -0.15) is 0 Å². The van der Waals surface area contributed by atoms with Crippen LogP contribution in [-0.4, -0.2) is 38.9 Å². The molecule has 0 saturated carbocycles. The summed E-state index contributed by atoms with van der Waals surface area (Å²) in [6, 6.07) is 13.1. The maximum absolute atomic E-state index is 12.2. The topological polar surface area (TPSA) is 80.0 Å². The van der Waals surface area contributed by atoms with Crippen LogP contribution < -0.4 is 5.32 Å². The molecular formula is C19H19ClN4O2. The van der Waals surface area contributed by atoms with Crippen molar-refractivity contribution >= 4 is 17.5 Å². The van der Waals surface area contributed by atoms with Crippen LogP contribution in [0.5, 0.6) is 0 Å². The number of nitrogens with one attached hydrogen (secondary N) is 1. The standard InChI is InChI=1S/C19H19ClN4O2/c1-12-3-8-16(11-13(12)2)24-18(14-4-6-15(20)7-5-14)22-17(23-24)19(26)21-9-10-25/h3-8,11,25H,9-10H2,1-2H3,(H,21,26). The molecule has 0 aliphatic heterocycles. The molecule has 0 saturated heterocycles. The lowest BCUT2D eigenvalue weighted by atomic mass is 10.1. The second-order valence-corrected chi connectivity index (χ2v) is 6.36. The number of halogens is 1. The number of benzene rings is 2. The Hall–Kier alpha value is -2.70. The molecule has 1 heterocycles. The number of hydrogen-bond acceptors (Lipinski definition) is 4. The lowest BCUT2D eigenvalue weighted by Gasteiger charge is -2.08.